The molecule has 128 valence electrons. The number of nitrogens with zero attached hydrogens (tertiary/aromatic N) is 1. The SMILES string of the molecule is CC(=O)Oc1ccc(OCCNC[C@@H](O)c2ccc(N)nc2)cc1. The van der Waals surface area contributed by atoms with E-state index in [0.29, 0.717) is 42.6 Å². The highest BCUT2D eigenvalue weighted by atomic mass is 16.5. The summed E-state index contributed by atoms with van der Waals surface area (Å²) in [5.41, 5.74) is 6.21. The number of carbonyl (C=O) groups excluding carboxylic acids is 1. The lowest BCUT2D eigenvalue weighted by molar-refractivity contribution is -0.131. The molecular formula is C17H21N3O4. The summed E-state index contributed by atoms with van der Waals surface area (Å²) in [5, 5.41) is 13.1. The van der Waals surface area contributed by atoms with Crippen molar-refractivity contribution in [2.24, 2.45) is 0 Å². The van der Waals surface area contributed by atoms with Gasteiger partial charge >= 0.3 is 5.97 Å². The van der Waals surface area contributed by atoms with E-state index in [1.807, 2.05) is 0 Å². The van der Waals surface area contributed by atoms with E-state index in [-0.39, 0.29) is 5.97 Å². The van der Waals surface area contributed by atoms with E-state index in [1.165, 1.54) is 6.92 Å². The van der Waals surface area contributed by atoms with Crippen molar-refractivity contribution < 1.29 is 19.4 Å². The van der Waals surface area contributed by atoms with Crippen LogP contribution in [0.5, 0.6) is 11.5 Å². The number of anilines is 1. The summed E-state index contributed by atoms with van der Waals surface area (Å²) < 4.78 is 10.5. The Morgan fingerprint density at radius 2 is 1.96 bits per heavy atom. The Balaban J connectivity index is 1.65. The Kier molecular flexibility index (Phi) is 6.53. The number of nitrogens with one attached hydrogen (secondary N) is 1. The summed E-state index contributed by atoms with van der Waals surface area (Å²) in [6.07, 6.45) is 0.907. The predicted molar refractivity (Wildman–Crippen MR) is 89.7 cm³/mol. The van der Waals surface area contributed by atoms with Gasteiger partial charge in [0.15, 0.2) is 0 Å². The van der Waals surface area contributed by atoms with Crippen LogP contribution in [0.25, 0.3) is 0 Å². The van der Waals surface area contributed by atoms with Crippen LogP contribution in [0.2, 0.25) is 0 Å². The summed E-state index contributed by atoms with van der Waals surface area (Å²) in [6, 6.07) is 10.2. The fourth-order valence-corrected chi connectivity index (χ4v) is 1.98. The number of hydrogen-bond donors (Lipinski definition) is 3. The molecular weight excluding hydrogens is 310 g/mol. The molecule has 1 heterocycles. The van der Waals surface area contributed by atoms with Gasteiger partial charge in [-0.25, -0.2) is 4.98 Å². The zero-order valence-corrected chi connectivity index (χ0v) is 13.4. The minimum Gasteiger partial charge on any atom is -0.492 e. The topological polar surface area (TPSA) is 107 Å². The summed E-state index contributed by atoms with van der Waals surface area (Å²) in [4.78, 5) is 14.8. The van der Waals surface area contributed by atoms with Gasteiger partial charge in [0.05, 0.1) is 6.10 Å². The van der Waals surface area contributed by atoms with Gasteiger partial charge in [0.2, 0.25) is 0 Å². The fourth-order valence-electron chi connectivity index (χ4n) is 1.98. The molecule has 0 saturated heterocycles. The molecule has 24 heavy (non-hydrogen) atoms. The first-order valence-corrected chi connectivity index (χ1v) is 7.56. The molecule has 1 aromatic heterocycles. The van der Waals surface area contributed by atoms with E-state index in [2.05, 4.69) is 10.3 Å². The maximum Gasteiger partial charge on any atom is 0.308 e. The number of aliphatic hydroxyl groups is 1. The summed E-state index contributed by atoms with van der Waals surface area (Å²) >= 11 is 0. The predicted octanol–water partition coefficient (Wildman–Crippen LogP) is 1.29. The number of carbonyl (C=O) groups is 1. The average Bonchev–Trinajstić information content (AvgIpc) is 2.56. The summed E-state index contributed by atoms with van der Waals surface area (Å²) in [6.45, 7) is 2.76. The summed E-state index contributed by atoms with van der Waals surface area (Å²) in [7, 11) is 0. The van der Waals surface area contributed by atoms with E-state index < -0.39 is 6.10 Å². The first-order chi connectivity index (χ1) is 11.5. The van der Waals surface area contributed by atoms with E-state index in [4.69, 9.17) is 15.2 Å². The zero-order chi connectivity index (χ0) is 17.4. The van der Waals surface area contributed by atoms with Gasteiger partial charge < -0.3 is 25.6 Å². The van der Waals surface area contributed by atoms with Crippen molar-refractivity contribution in [3.05, 3.63) is 48.2 Å². The molecule has 1 aromatic carbocycles. The lowest BCUT2D eigenvalue weighted by Crippen LogP contribution is -2.26. The second-order valence-corrected chi connectivity index (χ2v) is 5.15. The fraction of sp³-hybridized carbons (Fsp3) is 0.294. The Morgan fingerprint density at radius 1 is 1.25 bits per heavy atom. The third kappa shape index (κ3) is 5.86. The normalized spacial score (nSPS) is 11.8. The van der Waals surface area contributed by atoms with E-state index in [0.717, 1.165) is 0 Å². The van der Waals surface area contributed by atoms with Crippen molar-refractivity contribution in [1.29, 1.82) is 0 Å². The minimum atomic E-state index is -0.652. The van der Waals surface area contributed by atoms with Crippen LogP contribution >= 0.6 is 0 Å². The Morgan fingerprint density at radius 3 is 2.58 bits per heavy atom. The number of hydrogen-bond acceptors (Lipinski definition) is 7. The maximum absolute atomic E-state index is 10.8. The molecule has 0 spiro atoms. The minimum absolute atomic E-state index is 0.359. The number of ether oxygens (including phenoxy) is 2. The highest BCUT2D eigenvalue weighted by Crippen LogP contribution is 2.17. The molecule has 0 aliphatic heterocycles. The average molecular weight is 331 g/mol. The molecule has 7 nitrogen and oxygen atoms in total. The van der Waals surface area contributed by atoms with Crippen LogP contribution in [0.1, 0.15) is 18.6 Å². The Hall–Kier alpha value is -2.64. The molecule has 0 radical (unpaired) electrons. The van der Waals surface area contributed by atoms with Crippen molar-refractivity contribution in [3.63, 3.8) is 0 Å². The second-order valence-electron chi connectivity index (χ2n) is 5.15. The van der Waals surface area contributed by atoms with Gasteiger partial charge in [-0.2, -0.15) is 0 Å². The highest BCUT2D eigenvalue weighted by Gasteiger charge is 2.07. The highest BCUT2D eigenvalue weighted by molar-refractivity contribution is 5.69. The van der Waals surface area contributed by atoms with Crippen molar-refractivity contribution in [3.8, 4) is 11.5 Å². The Bertz CT molecular complexity index is 644. The van der Waals surface area contributed by atoms with Gasteiger partial charge in [-0.15, -0.1) is 0 Å². The molecule has 0 amide bonds. The standard InChI is InChI=1S/C17H21N3O4/c1-12(21)24-15-5-3-14(4-6-15)23-9-8-19-11-16(22)13-2-7-17(18)20-10-13/h2-7,10,16,19,22H,8-9,11H2,1H3,(H2,18,20)/t16-/m1/s1. The molecule has 0 fully saturated rings. The van der Waals surface area contributed by atoms with E-state index in [9.17, 15) is 9.90 Å². The quantitative estimate of drug-likeness (QED) is 0.380. The number of esters is 1. The third-order valence-corrected chi connectivity index (χ3v) is 3.16. The van der Waals surface area contributed by atoms with Gasteiger partial charge in [-0.1, -0.05) is 6.07 Å². The third-order valence-electron chi connectivity index (χ3n) is 3.16. The molecule has 7 heteroatoms. The molecule has 0 aliphatic rings. The van der Waals surface area contributed by atoms with Crippen molar-refractivity contribution in [2.45, 2.75) is 13.0 Å². The number of nitrogens with two attached hydrogens (primary N) is 1. The number of rotatable bonds is 8. The van der Waals surface area contributed by atoms with Crippen LogP contribution in [0, 0.1) is 0 Å². The van der Waals surface area contributed by atoms with Gasteiger partial charge in [0, 0.05) is 31.8 Å². The number of nitrogen functional groups attached to an aromatic ring is 1. The van der Waals surface area contributed by atoms with Crippen LogP contribution in [0.4, 0.5) is 5.82 Å². The van der Waals surface area contributed by atoms with Crippen molar-refractivity contribution in [2.75, 3.05) is 25.4 Å². The molecule has 4 N–H and O–H groups in total. The van der Waals surface area contributed by atoms with Crippen LogP contribution in [0.15, 0.2) is 42.6 Å². The Labute approximate surface area is 140 Å². The van der Waals surface area contributed by atoms with Crippen LogP contribution in [0.3, 0.4) is 0 Å². The molecule has 0 aliphatic carbocycles. The second kappa shape index (κ2) is 8.85. The van der Waals surface area contributed by atoms with Crippen LogP contribution < -0.4 is 20.5 Å². The smallest absolute Gasteiger partial charge is 0.308 e. The van der Waals surface area contributed by atoms with Crippen molar-refractivity contribution in [1.82, 2.24) is 10.3 Å². The van der Waals surface area contributed by atoms with Crippen LogP contribution in [-0.4, -0.2) is 35.8 Å². The lowest BCUT2D eigenvalue weighted by atomic mass is 10.1. The molecule has 2 aromatic rings. The number of aliphatic hydroxyl groups excluding tert-OH is 1. The van der Waals surface area contributed by atoms with E-state index in [1.54, 1.807) is 42.6 Å². The first kappa shape index (κ1) is 17.7. The van der Waals surface area contributed by atoms with Crippen LogP contribution in [-0.2, 0) is 4.79 Å². The molecule has 0 saturated carbocycles. The molecule has 0 bridgehead atoms. The number of pyridine rings is 1. The van der Waals surface area contributed by atoms with Crippen molar-refractivity contribution >= 4 is 11.8 Å². The summed E-state index contributed by atoms with van der Waals surface area (Å²) in [5.74, 6) is 1.22. The van der Waals surface area contributed by atoms with Gasteiger partial charge in [-0.05, 0) is 30.3 Å². The first-order valence-electron chi connectivity index (χ1n) is 7.56. The van der Waals surface area contributed by atoms with E-state index >= 15 is 0 Å². The molecule has 1 atom stereocenters. The van der Waals surface area contributed by atoms with Gasteiger partial charge in [0.1, 0.15) is 23.9 Å². The lowest BCUT2D eigenvalue weighted by Gasteiger charge is -2.12. The van der Waals surface area contributed by atoms with Gasteiger partial charge in [0.25, 0.3) is 0 Å². The van der Waals surface area contributed by atoms with Gasteiger partial charge in [-0.3, -0.25) is 4.79 Å². The maximum atomic E-state index is 10.8. The monoisotopic (exact) mass is 331 g/mol. The molecule has 0 unspecified atom stereocenters. The molecule has 2 rings (SSSR count). The largest absolute Gasteiger partial charge is 0.492 e. The number of benzene rings is 1. The zero-order valence-electron chi connectivity index (χ0n) is 13.4. The number of aromatic nitrogens is 1.